The maximum atomic E-state index is 12.4. The van der Waals surface area contributed by atoms with E-state index in [0.717, 1.165) is 39.7 Å². The number of amides is 1. The van der Waals surface area contributed by atoms with Crippen LogP contribution in [0.15, 0.2) is 22.1 Å². The first-order valence-corrected chi connectivity index (χ1v) is 9.52. The lowest BCUT2D eigenvalue weighted by molar-refractivity contribution is -0.00257. The highest BCUT2D eigenvalue weighted by Gasteiger charge is 2.31. The van der Waals surface area contributed by atoms with Crippen molar-refractivity contribution in [2.24, 2.45) is 5.92 Å². The Morgan fingerprint density at radius 3 is 2.70 bits per heavy atom. The van der Waals surface area contributed by atoms with Crippen LogP contribution in [0.1, 0.15) is 49.9 Å². The first kappa shape index (κ1) is 16.9. The minimum atomic E-state index is -0.628. The van der Waals surface area contributed by atoms with Crippen molar-refractivity contribution >= 4 is 43.4 Å². The quantitative estimate of drug-likeness (QED) is 0.819. The standard InChI is InChI=1S/C17H21BrN2O2S/c1-17(2,22)11-3-5-12(6-4-11)20-16(21)10-7-14-13(19-9-10)8-15(18)23-14/h7-9,11-12,22H,3-6H2,1-2H3,(H,20,21). The van der Waals surface area contributed by atoms with Gasteiger partial charge in [-0.2, -0.15) is 0 Å². The van der Waals surface area contributed by atoms with E-state index in [9.17, 15) is 9.90 Å². The van der Waals surface area contributed by atoms with Crippen molar-refractivity contribution in [2.45, 2.75) is 51.2 Å². The summed E-state index contributed by atoms with van der Waals surface area (Å²) in [5, 5.41) is 13.2. The molecule has 2 heterocycles. The summed E-state index contributed by atoms with van der Waals surface area (Å²) in [4.78, 5) is 16.8. The van der Waals surface area contributed by atoms with Crippen LogP contribution in [0, 0.1) is 5.92 Å². The minimum Gasteiger partial charge on any atom is -0.390 e. The lowest BCUT2D eigenvalue weighted by Gasteiger charge is -2.36. The molecule has 1 aliphatic carbocycles. The predicted molar refractivity (Wildman–Crippen MR) is 96.8 cm³/mol. The van der Waals surface area contributed by atoms with Crippen LogP contribution >= 0.6 is 27.3 Å². The van der Waals surface area contributed by atoms with E-state index >= 15 is 0 Å². The van der Waals surface area contributed by atoms with Gasteiger partial charge in [0.25, 0.3) is 5.91 Å². The highest BCUT2D eigenvalue weighted by atomic mass is 79.9. The van der Waals surface area contributed by atoms with Gasteiger partial charge in [-0.25, -0.2) is 0 Å². The number of aromatic nitrogens is 1. The number of carbonyl (C=O) groups is 1. The largest absolute Gasteiger partial charge is 0.390 e. The Morgan fingerprint density at radius 1 is 1.35 bits per heavy atom. The fourth-order valence-electron chi connectivity index (χ4n) is 3.22. The molecule has 0 aliphatic heterocycles. The van der Waals surface area contributed by atoms with Gasteiger partial charge in [0.2, 0.25) is 0 Å². The van der Waals surface area contributed by atoms with Gasteiger partial charge in [0.15, 0.2) is 0 Å². The molecule has 0 bridgehead atoms. The van der Waals surface area contributed by atoms with Crippen LogP contribution in [0.4, 0.5) is 0 Å². The molecule has 2 aromatic heterocycles. The Labute approximate surface area is 148 Å². The number of aliphatic hydroxyl groups is 1. The van der Waals surface area contributed by atoms with Crippen LogP contribution in [0.25, 0.3) is 10.2 Å². The molecule has 23 heavy (non-hydrogen) atoms. The van der Waals surface area contributed by atoms with Crippen LogP contribution in [-0.4, -0.2) is 27.6 Å². The molecule has 1 amide bonds. The van der Waals surface area contributed by atoms with E-state index in [1.807, 2.05) is 26.0 Å². The average molecular weight is 397 g/mol. The van der Waals surface area contributed by atoms with E-state index in [0.29, 0.717) is 11.5 Å². The number of nitrogens with zero attached hydrogens (tertiary/aromatic N) is 1. The fourth-order valence-corrected chi connectivity index (χ4v) is 4.75. The van der Waals surface area contributed by atoms with Gasteiger partial charge in [0.05, 0.1) is 25.2 Å². The number of pyridine rings is 1. The molecule has 1 fully saturated rings. The normalized spacial score (nSPS) is 22.3. The molecule has 0 aromatic carbocycles. The second-order valence-electron chi connectivity index (χ2n) is 6.83. The van der Waals surface area contributed by atoms with E-state index in [4.69, 9.17) is 0 Å². The van der Waals surface area contributed by atoms with Gasteiger partial charge in [-0.3, -0.25) is 9.78 Å². The third-order valence-corrected chi connectivity index (χ3v) is 6.24. The van der Waals surface area contributed by atoms with Crippen LogP contribution in [0.5, 0.6) is 0 Å². The summed E-state index contributed by atoms with van der Waals surface area (Å²) < 4.78 is 2.03. The molecule has 3 rings (SSSR count). The monoisotopic (exact) mass is 396 g/mol. The molecule has 2 N–H and O–H groups in total. The van der Waals surface area contributed by atoms with Gasteiger partial charge in [0, 0.05) is 12.2 Å². The van der Waals surface area contributed by atoms with Crippen molar-refractivity contribution in [3.05, 3.63) is 27.7 Å². The van der Waals surface area contributed by atoms with Crippen LogP contribution in [0.3, 0.4) is 0 Å². The number of carbonyl (C=O) groups excluding carboxylic acids is 1. The Balaban J connectivity index is 1.62. The van der Waals surface area contributed by atoms with Gasteiger partial charge in [-0.05, 0) is 73.5 Å². The molecule has 1 aliphatic rings. The smallest absolute Gasteiger partial charge is 0.253 e. The Hall–Kier alpha value is -0.980. The zero-order valence-electron chi connectivity index (χ0n) is 13.3. The van der Waals surface area contributed by atoms with Crippen LogP contribution in [0.2, 0.25) is 0 Å². The summed E-state index contributed by atoms with van der Waals surface area (Å²) >= 11 is 5.02. The van der Waals surface area contributed by atoms with Crippen molar-refractivity contribution in [2.75, 3.05) is 0 Å². The van der Waals surface area contributed by atoms with Gasteiger partial charge in [-0.15, -0.1) is 11.3 Å². The molecule has 0 atom stereocenters. The van der Waals surface area contributed by atoms with Crippen LogP contribution < -0.4 is 5.32 Å². The minimum absolute atomic E-state index is 0.0596. The van der Waals surface area contributed by atoms with Gasteiger partial charge >= 0.3 is 0 Å². The van der Waals surface area contributed by atoms with E-state index in [1.54, 1.807) is 17.5 Å². The maximum Gasteiger partial charge on any atom is 0.253 e. The molecule has 0 saturated heterocycles. The second-order valence-corrected chi connectivity index (χ2v) is 9.30. The Bertz CT molecular complexity index is 715. The number of hydrogen-bond acceptors (Lipinski definition) is 4. The topological polar surface area (TPSA) is 62.2 Å². The molecule has 0 radical (unpaired) electrons. The lowest BCUT2D eigenvalue weighted by Crippen LogP contribution is -2.41. The summed E-state index contributed by atoms with van der Waals surface area (Å²) in [6.07, 6.45) is 5.37. The molecule has 4 nitrogen and oxygen atoms in total. The van der Waals surface area contributed by atoms with Gasteiger partial charge in [-0.1, -0.05) is 0 Å². The number of nitrogens with one attached hydrogen (secondary N) is 1. The summed E-state index contributed by atoms with van der Waals surface area (Å²) in [5.41, 5.74) is 0.886. The van der Waals surface area contributed by atoms with Crippen molar-refractivity contribution in [1.82, 2.24) is 10.3 Å². The predicted octanol–water partition coefficient (Wildman–Crippen LogP) is 4.12. The van der Waals surface area contributed by atoms with Crippen molar-refractivity contribution < 1.29 is 9.90 Å². The molecule has 2 aromatic rings. The van der Waals surface area contributed by atoms with E-state index in [2.05, 4.69) is 26.2 Å². The lowest BCUT2D eigenvalue weighted by atomic mass is 9.77. The van der Waals surface area contributed by atoms with E-state index in [-0.39, 0.29) is 11.9 Å². The van der Waals surface area contributed by atoms with Crippen molar-refractivity contribution in [1.29, 1.82) is 0 Å². The fraction of sp³-hybridized carbons (Fsp3) is 0.529. The van der Waals surface area contributed by atoms with Crippen molar-refractivity contribution in [3.63, 3.8) is 0 Å². The zero-order valence-corrected chi connectivity index (χ0v) is 15.7. The highest BCUT2D eigenvalue weighted by molar-refractivity contribution is 9.11. The molecular formula is C17H21BrN2O2S. The third kappa shape index (κ3) is 3.92. The summed E-state index contributed by atoms with van der Waals surface area (Å²) in [7, 11) is 0. The SMILES string of the molecule is CC(C)(O)C1CCC(NC(=O)c2cnc3cc(Br)sc3c2)CC1. The van der Waals surface area contributed by atoms with Gasteiger partial charge in [0.1, 0.15) is 0 Å². The molecule has 0 unspecified atom stereocenters. The first-order chi connectivity index (χ1) is 10.8. The molecule has 6 heteroatoms. The average Bonchev–Trinajstić information content (AvgIpc) is 2.85. The first-order valence-electron chi connectivity index (χ1n) is 7.91. The number of rotatable bonds is 3. The second kappa shape index (κ2) is 6.49. The highest BCUT2D eigenvalue weighted by Crippen LogP contribution is 2.33. The molecular weight excluding hydrogens is 376 g/mol. The van der Waals surface area contributed by atoms with E-state index in [1.165, 1.54) is 0 Å². The van der Waals surface area contributed by atoms with Crippen molar-refractivity contribution in [3.8, 4) is 0 Å². The van der Waals surface area contributed by atoms with Gasteiger partial charge < -0.3 is 10.4 Å². The van der Waals surface area contributed by atoms with E-state index < -0.39 is 5.60 Å². The number of fused-ring (bicyclic) bond motifs is 1. The summed E-state index contributed by atoms with van der Waals surface area (Å²) in [6, 6.07) is 4.04. The number of hydrogen-bond donors (Lipinski definition) is 2. The molecule has 1 saturated carbocycles. The summed E-state index contributed by atoms with van der Waals surface area (Å²) in [5.74, 6) is 0.257. The Kier molecular flexibility index (Phi) is 4.76. The number of halogens is 1. The number of thiophene rings is 1. The molecule has 0 spiro atoms. The summed E-state index contributed by atoms with van der Waals surface area (Å²) in [6.45, 7) is 3.74. The Morgan fingerprint density at radius 2 is 2.04 bits per heavy atom. The molecule has 124 valence electrons. The maximum absolute atomic E-state index is 12.4. The third-order valence-electron chi connectivity index (χ3n) is 4.66. The van der Waals surface area contributed by atoms with Crippen LogP contribution in [-0.2, 0) is 0 Å². The zero-order chi connectivity index (χ0) is 16.6.